The van der Waals surface area contributed by atoms with Crippen LogP contribution in [0.1, 0.15) is 16.7 Å². The van der Waals surface area contributed by atoms with Gasteiger partial charge in [0.2, 0.25) is 0 Å². The highest BCUT2D eigenvalue weighted by Crippen LogP contribution is 2.24. The number of nitrogens with one attached hydrogen (secondary N) is 1. The Labute approximate surface area is 198 Å². The van der Waals surface area contributed by atoms with Crippen molar-refractivity contribution in [1.82, 2.24) is 0 Å². The van der Waals surface area contributed by atoms with Crippen LogP contribution in [0.15, 0.2) is 90.5 Å². The Hall–Kier alpha value is -4.56. The van der Waals surface area contributed by atoms with Crippen LogP contribution in [0.25, 0.3) is 16.8 Å². The summed E-state index contributed by atoms with van der Waals surface area (Å²) in [5.41, 5.74) is 3.66. The first-order valence-electron chi connectivity index (χ1n) is 10.8. The molecule has 0 atom stereocenters. The van der Waals surface area contributed by atoms with Crippen molar-refractivity contribution < 1.29 is 14.3 Å². The van der Waals surface area contributed by atoms with Gasteiger partial charge in [0.15, 0.2) is 0 Å². The Bertz CT molecular complexity index is 1380. The van der Waals surface area contributed by atoms with Gasteiger partial charge < -0.3 is 14.8 Å². The number of hydrogen-bond donors (Lipinski definition) is 1. The first-order chi connectivity index (χ1) is 16.6. The Morgan fingerprint density at radius 3 is 2.35 bits per heavy atom. The molecular weight excluding hydrogens is 424 g/mol. The van der Waals surface area contributed by atoms with Crippen LogP contribution < -0.4 is 14.8 Å². The van der Waals surface area contributed by atoms with Gasteiger partial charge in [0, 0.05) is 11.3 Å². The number of hydrogen-bond acceptors (Lipinski definition) is 4. The second-order valence-corrected chi connectivity index (χ2v) is 7.79. The van der Waals surface area contributed by atoms with Gasteiger partial charge in [-0.3, -0.25) is 4.79 Å². The molecular formula is C29H24N2O3. The monoisotopic (exact) mass is 448 g/mol. The molecule has 0 aromatic heterocycles. The molecule has 34 heavy (non-hydrogen) atoms. The highest BCUT2D eigenvalue weighted by molar-refractivity contribution is 6.09. The second-order valence-electron chi connectivity index (χ2n) is 7.79. The van der Waals surface area contributed by atoms with Gasteiger partial charge in [-0.05, 0) is 71.3 Å². The summed E-state index contributed by atoms with van der Waals surface area (Å²) >= 11 is 0. The van der Waals surface area contributed by atoms with E-state index in [4.69, 9.17) is 9.47 Å². The molecule has 0 aliphatic carbocycles. The SMILES string of the molecule is COc1ccc(NC(=O)/C(C#N)=C/c2ccc(OCc3c(C)ccc4ccccc34)cc2)cc1. The van der Waals surface area contributed by atoms with Gasteiger partial charge in [0.1, 0.15) is 29.7 Å². The highest BCUT2D eigenvalue weighted by Gasteiger charge is 2.10. The fourth-order valence-electron chi connectivity index (χ4n) is 3.64. The lowest BCUT2D eigenvalue weighted by atomic mass is 10.0. The average molecular weight is 449 g/mol. The topological polar surface area (TPSA) is 71.3 Å². The van der Waals surface area contributed by atoms with Crippen LogP contribution in [0.4, 0.5) is 5.69 Å². The number of methoxy groups -OCH3 is 1. The lowest BCUT2D eigenvalue weighted by molar-refractivity contribution is -0.112. The maximum atomic E-state index is 12.5. The molecule has 0 spiro atoms. The number of benzene rings is 4. The fourth-order valence-corrected chi connectivity index (χ4v) is 3.64. The number of amides is 1. The van der Waals surface area contributed by atoms with Gasteiger partial charge >= 0.3 is 0 Å². The van der Waals surface area contributed by atoms with Crippen LogP contribution in [0.5, 0.6) is 11.5 Å². The van der Waals surface area contributed by atoms with Crippen molar-refractivity contribution >= 4 is 28.4 Å². The normalized spacial score (nSPS) is 11.0. The molecule has 4 aromatic rings. The molecule has 4 aromatic carbocycles. The largest absolute Gasteiger partial charge is 0.497 e. The number of rotatable bonds is 7. The van der Waals surface area contributed by atoms with E-state index in [-0.39, 0.29) is 5.57 Å². The van der Waals surface area contributed by atoms with Crippen LogP contribution in [-0.2, 0) is 11.4 Å². The summed E-state index contributed by atoms with van der Waals surface area (Å²) in [5.74, 6) is 0.928. The molecule has 0 heterocycles. The number of ether oxygens (including phenoxy) is 2. The molecule has 0 bridgehead atoms. The maximum Gasteiger partial charge on any atom is 0.266 e. The van der Waals surface area contributed by atoms with Crippen molar-refractivity contribution in [3.63, 3.8) is 0 Å². The molecule has 0 saturated carbocycles. The lowest BCUT2D eigenvalue weighted by Crippen LogP contribution is -2.13. The first-order valence-corrected chi connectivity index (χ1v) is 10.8. The van der Waals surface area contributed by atoms with Crippen molar-refractivity contribution in [1.29, 1.82) is 5.26 Å². The average Bonchev–Trinajstić information content (AvgIpc) is 2.87. The Morgan fingerprint density at radius 2 is 1.65 bits per heavy atom. The van der Waals surface area contributed by atoms with E-state index in [0.717, 1.165) is 11.1 Å². The van der Waals surface area contributed by atoms with Gasteiger partial charge in [-0.25, -0.2) is 0 Å². The third kappa shape index (κ3) is 5.25. The van der Waals surface area contributed by atoms with E-state index in [9.17, 15) is 10.1 Å². The van der Waals surface area contributed by atoms with Crippen molar-refractivity contribution in [3.05, 3.63) is 107 Å². The van der Waals surface area contributed by atoms with Gasteiger partial charge in [-0.1, -0.05) is 48.5 Å². The Balaban J connectivity index is 1.44. The molecule has 168 valence electrons. The lowest BCUT2D eigenvalue weighted by Gasteiger charge is -2.12. The predicted octanol–water partition coefficient (Wildman–Crippen LogP) is 6.28. The molecule has 0 saturated heterocycles. The summed E-state index contributed by atoms with van der Waals surface area (Å²) in [5, 5.41) is 14.6. The summed E-state index contributed by atoms with van der Waals surface area (Å²) in [6.07, 6.45) is 1.55. The molecule has 1 amide bonds. The maximum absolute atomic E-state index is 12.5. The van der Waals surface area contributed by atoms with Crippen LogP contribution >= 0.6 is 0 Å². The number of nitrogens with zero attached hydrogens (tertiary/aromatic N) is 1. The molecule has 0 aliphatic rings. The molecule has 5 heteroatoms. The first kappa shape index (κ1) is 22.6. The van der Waals surface area contributed by atoms with E-state index < -0.39 is 5.91 Å². The van der Waals surface area contributed by atoms with E-state index in [0.29, 0.717) is 23.8 Å². The van der Waals surface area contributed by atoms with Crippen molar-refractivity contribution in [2.45, 2.75) is 13.5 Å². The summed E-state index contributed by atoms with van der Waals surface area (Å²) < 4.78 is 11.1. The number of carbonyl (C=O) groups is 1. The number of nitriles is 1. The zero-order chi connectivity index (χ0) is 23.9. The summed E-state index contributed by atoms with van der Waals surface area (Å²) in [7, 11) is 1.57. The van der Waals surface area contributed by atoms with E-state index in [1.165, 1.54) is 16.3 Å². The van der Waals surface area contributed by atoms with Crippen molar-refractivity contribution in [2.75, 3.05) is 12.4 Å². The summed E-state index contributed by atoms with van der Waals surface area (Å²) in [6, 6.07) is 28.7. The molecule has 0 unspecified atom stereocenters. The van der Waals surface area contributed by atoms with Crippen LogP contribution in [0, 0.1) is 18.3 Å². The van der Waals surface area contributed by atoms with Gasteiger partial charge in [-0.2, -0.15) is 5.26 Å². The quantitative estimate of drug-likeness (QED) is 0.267. The van der Waals surface area contributed by atoms with Gasteiger partial charge in [0.05, 0.1) is 7.11 Å². The molecule has 5 nitrogen and oxygen atoms in total. The van der Waals surface area contributed by atoms with Crippen molar-refractivity contribution in [3.8, 4) is 17.6 Å². The van der Waals surface area contributed by atoms with E-state index >= 15 is 0 Å². The fraction of sp³-hybridized carbons (Fsp3) is 0.103. The molecule has 0 aliphatic heterocycles. The van der Waals surface area contributed by atoms with Crippen LogP contribution in [0.3, 0.4) is 0 Å². The van der Waals surface area contributed by atoms with E-state index in [2.05, 4.69) is 36.5 Å². The third-order valence-corrected chi connectivity index (χ3v) is 5.56. The zero-order valence-electron chi connectivity index (χ0n) is 19.0. The minimum atomic E-state index is -0.473. The highest BCUT2D eigenvalue weighted by atomic mass is 16.5. The number of fused-ring (bicyclic) bond motifs is 1. The van der Waals surface area contributed by atoms with Crippen LogP contribution in [0.2, 0.25) is 0 Å². The minimum Gasteiger partial charge on any atom is -0.497 e. The third-order valence-electron chi connectivity index (χ3n) is 5.56. The standard InChI is InChI=1S/C29H24N2O3/c1-20-7-10-22-5-3-4-6-27(22)28(20)19-34-26-13-8-21(9-14-26)17-23(18-30)29(32)31-24-11-15-25(33-2)16-12-24/h3-17H,19H2,1-2H3,(H,31,32)/b23-17+. The van der Waals surface area contributed by atoms with E-state index in [1.54, 1.807) is 37.5 Å². The zero-order valence-corrected chi connectivity index (χ0v) is 19.0. The van der Waals surface area contributed by atoms with Crippen LogP contribution in [-0.4, -0.2) is 13.0 Å². The molecule has 1 N–H and O–H groups in total. The molecule has 0 radical (unpaired) electrons. The van der Waals surface area contributed by atoms with Crippen molar-refractivity contribution in [2.24, 2.45) is 0 Å². The molecule has 0 fully saturated rings. The number of carbonyl (C=O) groups excluding carboxylic acids is 1. The predicted molar refractivity (Wildman–Crippen MR) is 135 cm³/mol. The molecule has 4 rings (SSSR count). The van der Waals surface area contributed by atoms with Gasteiger partial charge in [0.25, 0.3) is 5.91 Å². The van der Waals surface area contributed by atoms with E-state index in [1.807, 2.05) is 42.5 Å². The second kappa shape index (κ2) is 10.4. The summed E-state index contributed by atoms with van der Waals surface area (Å²) in [6.45, 7) is 2.54. The number of aryl methyl sites for hydroxylation is 1. The Morgan fingerprint density at radius 1 is 0.941 bits per heavy atom. The summed E-state index contributed by atoms with van der Waals surface area (Å²) in [4.78, 5) is 12.5. The van der Waals surface area contributed by atoms with Gasteiger partial charge in [-0.15, -0.1) is 0 Å². The Kier molecular flexibility index (Phi) is 6.90. The smallest absolute Gasteiger partial charge is 0.266 e. The number of anilines is 1. The minimum absolute atomic E-state index is 0.0101.